The zero-order valence-corrected chi connectivity index (χ0v) is 16.2. The number of carbonyl (C=O) groups is 1. The minimum atomic E-state index is -0.129. The molecule has 3 aromatic rings. The molecule has 0 aliphatic rings. The summed E-state index contributed by atoms with van der Waals surface area (Å²) in [6.45, 7) is 6.97. The number of rotatable bonds is 6. The summed E-state index contributed by atoms with van der Waals surface area (Å²) < 4.78 is 0. The molecule has 1 N–H and O–H groups in total. The predicted octanol–water partition coefficient (Wildman–Crippen LogP) is 4.59. The second-order valence-electron chi connectivity index (χ2n) is 7.06. The Hall–Kier alpha value is -2.88. The topological polar surface area (TPSA) is 53.2 Å². The van der Waals surface area contributed by atoms with Gasteiger partial charge in [0.15, 0.2) is 0 Å². The van der Waals surface area contributed by atoms with Crippen LogP contribution in [0.25, 0.3) is 10.9 Å². The van der Waals surface area contributed by atoms with Crippen LogP contribution in [0.5, 0.6) is 0 Å². The van der Waals surface area contributed by atoms with Gasteiger partial charge in [0.1, 0.15) is 0 Å². The van der Waals surface area contributed by atoms with E-state index in [0.717, 1.165) is 34.9 Å². The van der Waals surface area contributed by atoms with E-state index in [1.165, 1.54) is 0 Å². The molecule has 1 amide bonds. The molecule has 27 heavy (non-hydrogen) atoms. The van der Waals surface area contributed by atoms with Crippen LogP contribution >= 0.6 is 0 Å². The molecule has 0 saturated carbocycles. The van der Waals surface area contributed by atoms with Crippen LogP contribution in [0, 0.1) is 13.8 Å². The van der Waals surface area contributed by atoms with Crippen LogP contribution in [-0.4, -0.2) is 22.3 Å². The quantitative estimate of drug-likeness (QED) is 0.697. The molecule has 0 fully saturated rings. The van der Waals surface area contributed by atoms with E-state index in [9.17, 15) is 9.59 Å². The first-order valence-corrected chi connectivity index (χ1v) is 9.47. The Bertz CT molecular complexity index is 1020. The molecule has 0 aliphatic carbocycles. The number of amides is 1. The molecule has 140 valence electrons. The second-order valence-corrected chi connectivity index (χ2v) is 7.06. The van der Waals surface area contributed by atoms with Crippen LogP contribution in [0.15, 0.2) is 53.3 Å². The van der Waals surface area contributed by atoms with Crippen molar-refractivity contribution >= 4 is 16.8 Å². The lowest BCUT2D eigenvalue weighted by molar-refractivity contribution is 0.0739. The Balaban J connectivity index is 1.96. The molecule has 0 saturated heterocycles. The fraction of sp³-hybridized carbons (Fsp3) is 0.304. The number of H-pyrrole nitrogens is 1. The third-order valence-corrected chi connectivity index (χ3v) is 4.97. The van der Waals surface area contributed by atoms with Gasteiger partial charge in [0.25, 0.3) is 11.5 Å². The SMILES string of the molecule is CCCCN(Cc1cc2cccc(C)c2[nH]c1=O)C(=O)c1ccccc1C. The van der Waals surface area contributed by atoms with Gasteiger partial charge in [-0.3, -0.25) is 9.59 Å². The highest BCUT2D eigenvalue weighted by Crippen LogP contribution is 2.17. The molecule has 0 radical (unpaired) electrons. The smallest absolute Gasteiger partial charge is 0.254 e. The van der Waals surface area contributed by atoms with E-state index in [1.807, 2.05) is 62.4 Å². The van der Waals surface area contributed by atoms with E-state index < -0.39 is 0 Å². The van der Waals surface area contributed by atoms with E-state index >= 15 is 0 Å². The van der Waals surface area contributed by atoms with Gasteiger partial charge in [-0.05, 0) is 48.9 Å². The first kappa shape index (κ1) is 18.9. The summed E-state index contributed by atoms with van der Waals surface area (Å²) in [5.74, 6) is -0.0229. The van der Waals surface area contributed by atoms with Gasteiger partial charge in [0.2, 0.25) is 0 Å². The number of hydrogen-bond donors (Lipinski definition) is 1. The molecule has 3 rings (SSSR count). The summed E-state index contributed by atoms with van der Waals surface area (Å²) in [4.78, 5) is 30.5. The number of unbranched alkanes of at least 4 members (excludes halogenated alkanes) is 1. The van der Waals surface area contributed by atoms with E-state index in [2.05, 4.69) is 11.9 Å². The first-order valence-electron chi connectivity index (χ1n) is 9.47. The molecular weight excluding hydrogens is 336 g/mol. The lowest BCUT2D eigenvalue weighted by atomic mass is 10.1. The van der Waals surface area contributed by atoms with Crippen molar-refractivity contribution in [2.75, 3.05) is 6.54 Å². The van der Waals surface area contributed by atoms with E-state index in [1.54, 1.807) is 4.90 Å². The standard InChI is InChI=1S/C23H26N2O2/c1-4-5-13-25(23(27)20-12-7-6-9-16(20)2)15-19-14-18-11-8-10-17(3)21(18)24-22(19)26/h6-12,14H,4-5,13,15H2,1-3H3,(H,24,26). The van der Waals surface area contributed by atoms with Gasteiger partial charge >= 0.3 is 0 Å². The van der Waals surface area contributed by atoms with Gasteiger partial charge in [-0.25, -0.2) is 0 Å². The first-order chi connectivity index (χ1) is 13.0. The number of aromatic amines is 1. The normalized spacial score (nSPS) is 10.9. The molecule has 0 spiro atoms. The van der Waals surface area contributed by atoms with Gasteiger partial charge in [-0.2, -0.15) is 0 Å². The number of benzene rings is 2. The lowest BCUT2D eigenvalue weighted by Gasteiger charge is -2.23. The largest absolute Gasteiger partial charge is 0.334 e. The highest BCUT2D eigenvalue weighted by Gasteiger charge is 2.19. The second kappa shape index (κ2) is 8.21. The van der Waals surface area contributed by atoms with Gasteiger partial charge in [0.05, 0.1) is 12.1 Å². The number of hydrogen-bond acceptors (Lipinski definition) is 2. The third-order valence-electron chi connectivity index (χ3n) is 4.97. The summed E-state index contributed by atoms with van der Waals surface area (Å²) in [7, 11) is 0. The summed E-state index contributed by atoms with van der Waals surface area (Å²) in [5.41, 5.74) is 4.03. The number of fused-ring (bicyclic) bond motifs is 1. The number of aromatic nitrogens is 1. The zero-order chi connectivity index (χ0) is 19.4. The summed E-state index contributed by atoms with van der Waals surface area (Å²) >= 11 is 0. The zero-order valence-electron chi connectivity index (χ0n) is 16.2. The maximum Gasteiger partial charge on any atom is 0.254 e. The molecule has 2 aromatic carbocycles. The fourth-order valence-corrected chi connectivity index (χ4v) is 3.34. The molecule has 0 bridgehead atoms. The lowest BCUT2D eigenvalue weighted by Crippen LogP contribution is -2.34. The molecule has 1 aromatic heterocycles. The molecule has 4 nitrogen and oxygen atoms in total. The van der Waals surface area contributed by atoms with Crippen LogP contribution in [0.3, 0.4) is 0 Å². The number of nitrogens with zero attached hydrogens (tertiary/aromatic N) is 1. The fourth-order valence-electron chi connectivity index (χ4n) is 3.34. The maximum absolute atomic E-state index is 13.1. The maximum atomic E-state index is 13.1. The molecule has 4 heteroatoms. The van der Waals surface area contributed by atoms with Crippen LogP contribution < -0.4 is 5.56 Å². The Morgan fingerprint density at radius 3 is 2.52 bits per heavy atom. The number of carbonyl (C=O) groups excluding carboxylic acids is 1. The number of para-hydroxylation sites is 1. The van der Waals surface area contributed by atoms with Crippen LogP contribution in [0.1, 0.15) is 46.8 Å². The monoisotopic (exact) mass is 362 g/mol. The van der Waals surface area contributed by atoms with Crippen LogP contribution in [0.2, 0.25) is 0 Å². The highest BCUT2D eigenvalue weighted by atomic mass is 16.2. The molecular formula is C23H26N2O2. The van der Waals surface area contributed by atoms with E-state index in [4.69, 9.17) is 0 Å². The number of pyridine rings is 1. The predicted molar refractivity (Wildman–Crippen MR) is 110 cm³/mol. The molecule has 0 aliphatic heterocycles. The number of nitrogens with one attached hydrogen (secondary N) is 1. The van der Waals surface area contributed by atoms with Crippen molar-refractivity contribution in [3.8, 4) is 0 Å². The Labute approximate surface area is 159 Å². The average molecular weight is 362 g/mol. The van der Waals surface area contributed by atoms with Crippen molar-refractivity contribution in [3.63, 3.8) is 0 Å². The number of aryl methyl sites for hydroxylation is 2. The summed E-state index contributed by atoms with van der Waals surface area (Å²) in [6, 6.07) is 15.5. The van der Waals surface area contributed by atoms with Crippen LogP contribution in [-0.2, 0) is 6.54 Å². The van der Waals surface area contributed by atoms with Crippen molar-refractivity contribution in [1.29, 1.82) is 0 Å². The summed E-state index contributed by atoms with van der Waals surface area (Å²) in [6.07, 6.45) is 1.90. The van der Waals surface area contributed by atoms with Crippen molar-refractivity contribution in [3.05, 3.63) is 81.1 Å². The highest BCUT2D eigenvalue weighted by molar-refractivity contribution is 5.95. The van der Waals surface area contributed by atoms with Crippen molar-refractivity contribution in [2.24, 2.45) is 0 Å². The minimum absolute atomic E-state index is 0.0229. The van der Waals surface area contributed by atoms with Crippen molar-refractivity contribution < 1.29 is 4.79 Å². The van der Waals surface area contributed by atoms with Gasteiger partial charge in [-0.1, -0.05) is 49.7 Å². The van der Waals surface area contributed by atoms with Crippen molar-refractivity contribution in [2.45, 2.75) is 40.2 Å². The van der Waals surface area contributed by atoms with Gasteiger partial charge < -0.3 is 9.88 Å². The Kier molecular flexibility index (Phi) is 5.75. The van der Waals surface area contributed by atoms with E-state index in [0.29, 0.717) is 24.2 Å². The van der Waals surface area contributed by atoms with E-state index in [-0.39, 0.29) is 11.5 Å². The molecule has 0 unspecified atom stereocenters. The van der Waals surface area contributed by atoms with Crippen LogP contribution in [0.4, 0.5) is 0 Å². The minimum Gasteiger partial charge on any atom is -0.334 e. The third kappa shape index (κ3) is 4.11. The average Bonchev–Trinajstić information content (AvgIpc) is 2.66. The summed E-state index contributed by atoms with van der Waals surface area (Å²) in [5, 5.41) is 0.989. The molecule has 1 heterocycles. The van der Waals surface area contributed by atoms with Crippen molar-refractivity contribution in [1.82, 2.24) is 9.88 Å². The molecule has 0 atom stereocenters. The Morgan fingerprint density at radius 2 is 1.78 bits per heavy atom. The van der Waals surface area contributed by atoms with Gasteiger partial charge in [-0.15, -0.1) is 0 Å². The Morgan fingerprint density at radius 1 is 1.04 bits per heavy atom. The van der Waals surface area contributed by atoms with Gasteiger partial charge in [0, 0.05) is 17.7 Å².